The van der Waals surface area contributed by atoms with E-state index in [-0.39, 0.29) is 37.8 Å². The van der Waals surface area contributed by atoms with Gasteiger partial charge in [-0.1, -0.05) is 0 Å². The topological polar surface area (TPSA) is 76.0 Å². The number of carbonyl (C=O) groups excluding carboxylic acids is 2. The van der Waals surface area contributed by atoms with Crippen LogP contribution in [-0.2, 0) is 11.2 Å². The molecule has 0 spiro atoms. The standard InChI is InChI=1S/C23H26F2N4O2/c1-16(2)28-22(31)18-3-5-20(6-4-18)29-12-8-19-13-17(14-27-21(19)29)7-9-23(24,25)10-11-26-15-30/h3-6,8,12-16H,7,9-11H2,1-2H3,(H,26,30)(H,28,31). The lowest BCUT2D eigenvalue weighted by atomic mass is 10.0. The van der Waals surface area contributed by atoms with Crippen LogP contribution in [0.3, 0.4) is 0 Å². The Labute approximate surface area is 179 Å². The fourth-order valence-corrected chi connectivity index (χ4v) is 3.30. The Balaban J connectivity index is 1.71. The van der Waals surface area contributed by atoms with Crippen molar-refractivity contribution >= 4 is 23.4 Å². The summed E-state index contributed by atoms with van der Waals surface area (Å²) in [6, 6.07) is 11.0. The highest BCUT2D eigenvalue weighted by Crippen LogP contribution is 2.26. The van der Waals surface area contributed by atoms with E-state index in [1.165, 1.54) is 0 Å². The van der Waals surface area contributed by atoms with E-state index in [4.69, 9.17) is 0 Å². The Morgan fingerprint density at radius 1 is 1.19 bits per heavy atom. The van der Waals surface area contributed by atoms with Gasteiger partial charge >= 0.3 is 0 Å². The molecule has 0 unspecified atom stereocenters. The number of aryl methyl sites for hydroxylation is 1. The van der Waals surface area contributed by atoms with Gasteiger partial charge in [0, 0.05) is 54.5 Å². The lowest BCUT2D eigenvalue weighted by Gasteiger charge is -2.15. The summed E-state index contributed by atoms with van der Waals surface area (Å²) in [5, 5.41) is 5.97. The number of carbonyl (C=O) groups is 2. The molecule has 0 aliphatic carbocycles. The van der Waals surface area contributed by atoms with Crippen molar-refractivity contribution < 1.29 is 18.4 Å². The van der Waals surface area contributed by atoms with Crippen molar-refractivity contribution in [1.82, 2.24) is 20.2 Å². The van der Waals surface area contributed by atoms with Crippen molar-refractivity contribution in [1.29, 1.82) is 0 Å². The Hall–Kier alpha value is -3.29. The molecular weight excluding hydrogens is 402 g/mol. The van der Waals surface area contributed by atoms with Crippen molar-refractivity contribution in [2.45, 2.75) is 45.1 Å². The largest absolute Gasteiger partial charge is 0.358 e. The number of nitrogens with one attached hydrogen (secondary N) is 2. The molecule has 2 N–H and O–H groups in total. The normalized spacial score (nSPS) is 11.6. The molecule has 2 heterocycles. The molecule has 0 atom stereocenters. The van der Waals surface area contributed by atoms with Crippen LogP contribution in [0.2, 0.25) is 0 Å². The molecular formula is C23H26F2N4O2. The summed E-state index contributed by atoms with van der Waals surface area (Å²) in [6.45, 7) is 3.77. The third-order valence-corrected chi connectivity index (χ3v) is 4.91. The third-order valence-electron chi connectivity index (χ3n) is 4.91. The van der Waals surface area contributed by atoms with Crippen molar-refractivity contribution in [3.63, 3.8) is 0 Å². The van der Waals surface area contributed by atoms with Crippen LogP contribution in [0.15, 0.2) is 48.8 Å². The summed E-state index contributed by atoms with van der Waals surface area (Å²) in [5.41, 5.74) is 2.87. The number of fused-ring (bicyclic) bond motifs is 1. The van der Waals surface area contributed by atoms with Gasteiger partial charge in [0.2, 0.25) is 12.3 Å². The average molecular weight is 428 g/mol. The molecule has 0 aliphatic rings. The molecule has 0 aliphatic heterocycles. The summed E-state index contributed by atoms with van der Waals surface area (Å²) in [4.78, 5) is 26.8. The number of hydrogen-bond acceptors (Lipinski definition) is 3. The van der Waals surface area contributed by atoms with Gasteiger partial charge in [-0.25, -0.2) is 13.8 Å². The average Bonchev–Trinajstić information content (AvgIpc) is 3.15. The Morgan fingerprint density at radius 3 is 2.61 bits per heavy atom. The molecule has 164 valence electrons. The van der Waals surface area contributed by atoms with E-state index in [2.05, 4.69) is 15.6 Å². The Morgan fingerprint density at radius 2 is 1.94 bits per heavy atom. The molecule has 8 heteroatoms. The van der Waals surface area contributed by atoms with Crippen molar-refractivity contribution in [2.75, 3.05) is 6.54 Å². The van der Waals surface area contributed by atoms with Gasteiger partial charge in [0.15, 0.2) is 0 Å². The van der Waals surface area contributed by atoms with Crippen LogP contribution in [0, 0.1) is 0 Å². The number of benzene rings is 1. The first-order chi connectivity index (χ1) is 14.8. The van der Waals surface area contributed by atoms with Gasteiger partial charge in [-0.2, -0.15) is 0 Å². The SMILES string of the molecule is CC(C)NC(=O)c1ccc(-n2ccc3cc(CCC(F)(F)CCNC=O)cnc32)cc1. The van der Waals surface area contributed by atoms with Crippen LogP contribution in [0.25, 0.3) is 16.7 Å². The fourth-order valence-electron chi connectivity index (χ4n) is 3.30. The molecule has 3 aromatic rings. The van der Waals surface area contributed by atoms with Gasteiger partial charge in [-0.3, -0.25) is 9.59 Å². The molecule has 0 saturated carbocycles. The number of nitrogens with zero attached hydrogens (tertiary/aromatic N) is 2. The number of pyridine rings is 1. The molecule has 0 radical (unpaired) electrons. The molecule has 2 aromatic heterocycles. The zero-order valence-corrected chi connectivity index (χ0v) is 17.6. The number of aromatic nitrogens is 2. The predicted molar refractivity (Wildman–Crippen MR) is 116 cm³/mol. The highest BCUT2D eigenvalue weighted by molar-refractivity contribution is 5.94. The lowest BCUT2D eigenvalue weighted by Crippen LogP contribution is -2.29. The van der Waals surface area contributed by atoms with Crippen LogP contribution in [0.1, 0.15) is 42.6 Å². The second-order valence-electron chi connectivity index (χ2n) is 7.80. The maximum atomic E-state index is 13.9. The predicted octanol–water partition coefficient (Wildman–Crippen LogP) is 3.87. The quantitative estimate of drug-likeness (QED) is 0.380. The molecule has 2 amide bonds. The first kappa shape index (κ1) is 22.4. The Bertz CT molecular complexity index is 1050. The molecule has 31 heavy (non-hydrogen) atoms. The number of amides is 2. The monoisotopic (exact) mass is 428 g/mol. The highest BCUT2D eigenvalue weighted by atomic mass is 19.3. The minimum Gasteiger partial charge on any atom is -0.358 e. The van der Waals surface area contributed by atoms with Gasteiger partial charge in [0.1, 0.15) is 5.65 Å². The van der Waals surface area contributed by atoms with Crippen LogP contribution >= 0.6 is 0 Å². The van der Waals surface area contributed by atoms with Crippen LogP contribution in [-0.4, -0.2) is 40.4 Å². The molecule has 6 nitrogen and oxygen atoms in total. The third kappa shape index (κ3) is 5.87. The lowest BCUT2D eigenvalue weighted by molar-refractivity contribution is -0.109. The molecule has 0 saturated heterocycles. The minimum atomic E-state index is -2.85. The van der Waals surface area contributed by atoms with Crippen LogP contribution in [0.4, 0.5) is 8.78 Å². The fraction of sp³-hybridized carbons (Fsp3) is 0.348. The minimum absolute atomic E-state index is 0.0471. The van der Waals surface area contributed by atoms with Crippen LogP contribution < -0.4 is 10.6 Å². The summed E-state index contributed by atoms with van der Waals surface area (Å²) in [6.07, 6.45) is 3.41. The molecule has 3 rings (SSSR count). The smallest absolute Gasteiger partial charge is 0.251 e. The van der Waals surface area contributed by atoms with E-state index in [0.717, 1.165) is 16.6 Å². The summed E-state index contributed by atoms with van der Waals surface area (Å²) < 4.78 is 29.7. The highest BCUT2D eigenvalue weighted by Gasteiger charge is 2.27. The maximum Gasteiger partial charge on any atom is 0.251 e. The number of rotatable bonds is 10. The van der Waals surface area contributed by atoms with Gasteiger partial charge < -0.3 is 15.2 Å². The van der Waals surface area contributed by atoms with E-state index in [0.29, 0.717) is 17.6 Å². The van der Waals surface area contributed by atoms with E-state index < -0.39 is 5.92 Å². The summed E-state index contributed by atoms with van der Waals surface area (Å²) in [7, 11) is 0. The van der Waals surface area contributed by atoms with Gasteiger partial charge in [0.05, 0.1) is 0 Å². The van der Waals surface area contributed by atoms with Crippen molar-refractivity contribution in [2.24, 2.45) is 0 Å². The Kier molecular flexibility index (Phi) is 6.99. The van der Waals surface area contributed by atoms with E-state index in [9.17, 15) is 18.4 Å². The number of hydrogen-bond donors (Lipinski definition) is 2. The summed E-state index contributed by atoms with van der Waals surface area (Å²) in [5.74, 6) is -2.97. The molecule has 1 aromatic carbocycles. The first-order valence-electron chi connectivity index (χ1n) is 10.2. The first-order valence-corrected chi connectivity index (χ1v) is 10.2. The van der Waals surface area contributed by atoms with Crippen LogP contribution in [0.5, 0.6) is 0 Å². The molecule has 0 bridgehead atoms. The molecule has 0 fully saturated rings. The second-order valence-corrected chi connectivity index (χ2v) is 7.80. The van der Waals surface area contributed by atoms with Crippen molar-refractivity contribution in [3.8, 4) is 5.69 Å². The van der Waals surface area contributed by atoms with Gasteiger partial charge in [-0.15, -0.1) is 0 Å². The zero-order chi connectivity index (χ0) is 22.4. The van der Waals surface area contributed by atoms with E-state index in [1.807, 2.05) is 48.9 Å². The van der Waals surface area contributed by atoms with Gasteiger partial charge in [0.25, 0.3) is 5.91 Å². The number of halogens is 2. The second kappa shape index (κ2) is 9.68. The van der Waals surface area contributed by atoms with Crippen molar-refractivity contribution in [3.05, 3.63) is 59.9 Å². The number of alkyl halides is 2. The van der Waals surface area contributed by atoms with E-state index >= 15 is 0 Å². The summed E-state index contributed by atoms with van der Waals surface area (Å²) >= 11 is 0. The maximum absolute atomic E-state index is 13.9. The van der Waals surface area contributed by atoms with E-state index in [1.54, 1.807) is 18.3 Å². The van der Waals surface area contributed by atoms with Gasteiger partial charge in [-0.05, 0) is 62.2 Å². The zero-order valence-electron chi connectivity index (χ0n) is 17.6.